The number of benzene rings is 1. The van der Waals surface area contributed by atoms with Crippen LogP contribution in [0, 0.1) is 0 Å². The second-order valence-corrected chi connectivity index (χ2v) is 4.28. The fourth-order valence-corrected chi connectivity index (χ4v) is 1.81. The highest BCUT2D eigenvalue weighted by Crippen LogP contribution is 2.25. The minimum atomic E-state index is -0.963. The first-order valence-electron chi connectivity index (χ1n) is 5.75. The lowest BCUT2D eigenvalue weighted by Crippen LogP contribution is -2.26. The summed E-state index contributed by atoms with van der Waals surface area (Å²) in [5, 5.41) is 9.52. The van der Waals surface area contributed by atoms with Gasteiger partial charge in [-0.05, 0) is 24.1 Å². The summed E-state index contributed by atoms with van der Waals surface area (Å²) in [4.78, 5) is 11.0. The summed E-state index contributed by atoms with van der Waals surface area (Å²) in [5.74, 6) is -0.392. The zero-order valence-electron chi connectivity index (χ0n) is 10.5. The number of hydrogen-bond acceptors (Lipinski definition) is 3. The summed E-state index contributed by atoms with van der Waals surface area (Å²) in [6.07, 6.45) is 0.237. The molecule has 0 saturated carbocycles. The van der Waals surface area contributed by atoms with Crippen molar-refractivity contribution in [3.63, 3.8) is 0 Å². The zero-order valence-corrected chi connectivity index (χ0v) is 11.2. The zero-order chi connectivity index (χ0) is 13.5. The Morgan fingerprint density at radius 1 is 1.50 bits per heavy atom. The van der Waals surface area contributed by atoms with Crippen LogP contribution >= 0.6 is 11.6 Å². The lowest BCUT2D eigenvalue weighted by molar-refractivity contribution is -0.150. The van der Waals surface area contributed by atoms with Gasteiger partial charge in [0.15, 0.2) is 6.10 Å². The van der Waals surface area contributed by atoms with Gasteiger partial charge in [0.1, 0.15) is 5.75 Å². The van der Waals surface area contributed by atoms with Crippen LogP contribution in [0.3, 0.4) is 0 Å². The predicted molar refractivity (Wildman–Crippen MR) is 69.4 cm³/mol. The maximum atomic E-state index is 11.0. The van der Waals surface area contributed by atoms with Gasteiger partial charge < -0.3 is 14.6 Å². The van der Waals surface area contributed by atoms with Crippen molar-refractivity contribution in [3.8, 4) is 5.75 Å². The molecule has 18 heavy (non-hydrogen) atoms. The van der Waals surface area contributed by atoms with Crippen molar-refractivity contribution in [1.82, 2.24) is 0 Å². The number of ether oxygens (including phenoxy) is 2. The summed E-state index contributed by atoms with van der Waals surface area (Å²) < 4.78 is 10.3. The minimum absolute atomic E-state index is 0.291. The van der Waals surface area contributed by atoms with Gasteiger partial charge >= 0.3 is 5.97 Å². The summed E-state index contributed by atoms with van der Waals surface area (Å²) >= 11 is 5.98. The molecular weight excluding hydrogens is 256 g/mol. The number of carboxylic acids is 1. The van der Waals surface area contributed by atoms with Crippen LogP contribution in [0.15, 0.2) is 18.2 Å². The molecule has 0 radical (unpaired) electrons. The number of methoxy groups -OCH3 is 1. The van der Waals surface area contributed by atoms with Crippen LogP contribution in [0.2, 0.25) is 5.02 Å². The maximum absolute atomic E-state index is 11.0. The number of aliphatic carboxylic acids is 1. The largest absolute Gasteiger partial charge is 0.495 e. The first-order chi connectivity index (χ1) is 8.58. The molecule has 0 bridgehead atoms. The van der Waals surface area contributed by atoms with Crippen LogP contribution in [0.1, 0.15) is 18.9 Å². The lowest BCUT2D eigenvalue weighted by Gasteiger charge is -2.14. The molecule has 5 heteroatoms. The second kappa shape index (κ2) is 7.24. The van der Waals surface area contributed by atoms with E-state index in [-0.39, 0.29) is 0 Å². The average molecular weight is 273 g/mol. The van der Waals surface area contributed by atoms with E-state index in [4.69, 9.17) is 26.2 Å². The fraction of sp³-hybridized carbons (Fsp3) is 0.462. The number of halogens is 1. The normalized spacial score (nSPS) is 12.2. The van der Waals surface area contributed by atoms with Crippen LogP contribution in [0.25, 0.3) is 0 Å². The van der Waals surface area contributed by atoms with E-state index in [0.29, 0.717) is 23.8 Å². The van der Waals surface area contributed by atoms with Gasteiger partial charge in [0.2, 0.25) is 0 Å². The van der Waals surface area contributed by atoms with E-state index >= 15 is 0 Å². The topological polar surface area (TPSA) is 55.8 Å². The number of carbonyl (C=O) groups is 1. The van der Waals surface area contributed by atoms with Crippen molar-refractivity contribution < 1.29 is 19.4 Å². The molecule has 0 aliphatic rings. The fourth-order valence-electron chi connectivity index (χ4n) is 1.53. The third-order valence-corrected chi connectivity index (χ3v) is 2.73. The van der Waals surface area contributed by atoms with Crippen molar-refractivity contribution in [2.24, 2.45) is 0 Å². The maximum Gasteiger partial charge on any atom is 0.333 e. The van der Waals surface area contributed by atoms with Gasteiger partial charge in [0.25, 0.3) is 0 Å². The molecule has 4 nitrogen and oxygen atoms in total. The summed E-state index contributed by atoms with van der Waals surface area (Å²) in [5.41, 5.74) is 0.810. The van der Waals surface area contributed by atoms with Gasteiger partial charge in [0, 0.05) is 13.0 Å². The average Bonchev–Trinajstić information content (AvgIpc) is 2.34. The number of carboxylic acid groups (broad SMARTS) is 1. The predicted octanol–water partition coefficient (Wildman–Crippen LogP) is 2.77. The summed E-state index contributed by atoms with van der Waals surface area (Å²) in [6, 6.07) is 5.21. The Bertz CT molecular complexity index is 406. The second-order valence-electron chi connectivity index (χ2n) is 3.87. The molecule has 0 fully saturated rings. The SMILES string of the molecule is CCCO[C@H](Cc1ccc(OC)c(Cl)c1)C(=O)O. The van der Waals surface area contributed by atoms with E-state index in [2.05, 4.69) is 0 Å². The summed E-state index contributed by atoms with van der Waals surface area (Å²) in [7, 11) is 1.53. The minimum Gasteiger partial charge on any atom is -0.495 e. The van der Waals surface area contributed by atoms with E-state index in [1.807, 2.05) is 6.92 Å². The van der Waals surface area contributed by atoms with E-state index in [1.54, 1.807) is 18.2 Å². The molecule has 0 heterocycles. The molecule has 0 aliphatic heterocycles. The Morgan fingerprint density at radius 3 is 2.72 bits per heavy atom. The third kappa shape index (κ3) is 4.20. The molecule has 1 rings (SSSR count). The molecule has 1 aromatic rings. The van der Waals surface area contributed by atoms with Gasteiger partial charge in [-0.15, -0.1) is 0 Å². The first kappa shape index (κ1) is 14.8. The molecule has 0 saturated heterocycles. The first-order valence-corrected chi connectivity index (χ1v) is 6.13. The highest BCUT2D eigenvalue weighted by Gasteiger charge is 2.18. The van der Waals surface area contributed by atoms with E-state index < -0.39 is 12.1 Å². The molecule has 100 valence electrons. The molecule has 0 spiro atoms. The van der Waals surface area contributed by atoms with Crippen molar-refractivity contribution in [3.05, 3.63) is 28.8 Å². The number of rotatable bonds is 7. The molecule has 0 aromatic heterocycles. The van der Waals surface area contributed by atoms with E-state index in [0.717, 1.165) is 12.0 Å². The molecule has 1 aromatic carbocycles. The standard InChI is InChI=1S/C13H17ClO4/c1-3-6-18-12(13(15)16)8-9-4-5-11(17-2)10(14)7-9/h4-5,7,12H,3,6,8H2,1-2H3,(H,15,16)/t12-/m1/s1. The van der Waals surface area contributed by atoms with Crippen molar-refractivity contribution >= 4 is 17.6 Å². The van der Waals surface area contributed by atoms with E-state index in [9.17, 15) is 4.79 Å². The lowest BCUT2D eigenvalue weighted by atomic mass is 10.1. The van der Waals surface area contributed by atoms with Crippen LogP contribution in [0.5, 0.6) is 5.75 Å². The highest BCUT2D eigenvalue weighted by atomic mass is 35.5. The Morgan fingerprint density at radius 2 is 2.22 bits per heavy atom. The quantitative estimate of drug-likeness (QED) is 0.829. The van der Waals surface area contributed by atoms with Crippen LogP contribution in [-0.2, 0) is 16.0 Å². The molecule has 0 aliphatic carbocycles. The van der Waals surface area contributed by atoms with Gasteiger partial charge in [-0.25, -0.2) is 4.79 Å². The molecule has 0 unspecified atom stereocenters. The molecule has 1 N–H and O–H groups in total. The van der Waals surface area contributed by atoms with Crippen molar-refractivity contribution in [2.75, 3.05) is 13.7 Å². The monoisotopic (exact) mass is 272 g/mol. The van der Waals surface area contributed by atoms with E-state index in [1.165, 1.54) is 7.11 Å². The van der Waals surface area contributed by atoms with Crippen molar-refractivity contribution in [1.29, 1.82) is 0 Å². The molecule has 1 atom stereocenters. The Kier molecular flexibility index (Phi) is 5.95. The highest BCUT2D eigenvalue weighted by molar-refractivity contribution is 6.32. The van der Waals surface area contributed by atoms with Gasteiger partial charge in [-0.2, -0.15) is 0 Å². The van der Waals surface area contributed by atoms with Gasteiger partial charge in [-0.1, -0.05) is 24.6 Å². The van der Waals surface area contributed by atoms with Crippen molar-refractivity contribution in [2.45, 2.75) is 25.9 Å². The summed E-state index contributed by atoms with van der Waals surface area (Å²) in [6.45, 7) is 2.37. The van der Waals surface area contributed by atoms with Crippen LogP contribution in [-0.4, -0.2) is 30.9 Å². The Hall–Kier alpha value is -1.26. The van der Waals surface area contributed by atoms with Gasteiger partial charge in [0.05, 0.1) is 12.1 Å². The third-order valence-electron chi connectivity index (χ3n) is 2.44. The Balaban J connectivity index is 2.74. The molecule has 0 amide bonds. The molecular formula is C13H17ClO4. The number of hydrogen-bond donors (Lipinski definition) is 1. The van der Waals surface area contributed by atoms with Gasteiger partial charge in [-0.3, -0.25) is 0 Å². The Labute approximate surface area is 111 Å². The van der Waals surface area contributed by atoms with Crippen LogP contribution in [0.4, 0.5) is 0 Å². The smallest absolute Gasteiger partial charge is 0.333 e. The van der Waals surface area contributed by atoms with Crippen LogP contribution < -0.4 is 4.74 Å².